The Morgan fingerprint density at radius 3 is 0.860 bits per heavy atom. The number of carbonyl (C=O) groups is 3. The van der Waals surface area contributed by atoms with Gasteiger partial charge in [0.25, 0.3) is 0 Å². The quantitative estimate of drug-likeness (QED) is 0.0346. The van der Waals surface area contributed by atoms with Crippen LogP contribution in [0.4, 0.5) is 0 Å². The highest BCUT2D eigenvalue weighted by atomic mass is 16.6. The summed E-state index contributed by atoms with van der Waals surface area (Å²) in [4.78, 5) is 37.7. The maximum absolute atomic E-state index is 12.7. The van der Waals surface area contributed by atoms with E-state index in [1.54, 1.807) is 0 Å². The fraction of sp³-hybridized carbons (Fsp3) is 0.941. The Hall–Kier alpha value is -1.59. The van der Waals surface area contributed by atoms with Crippen molar-refractivity contribution in [3.63, 3.8) is 0 Å². The molecule has 0 heterocycles. The number of hydrogen-bond donors (Lipinski definition) is 0. The van der Waals surface area contributed by atoms with E-state index in [4.69, 9.17) is 14.2 Å². The lowest BCUT2D eigenvalue weighted by Crippen LogP contribution is -2.30. The zero-order chi connectivity index (χ0) is 41.9. The van der Waals surface area contributed by atoms with Gasteiger partial charge in [-0.2, -0.15) is 0 Å². The van der Waals surface area contributed by atoms with E-state index < -0.39 is 6.10 Å². The molecule has 0 N–H and O–H groups in total. The molecule has 0 unspecified atom stereocenters. The molecule has 0 saturated carbocycles. The average molecular weight is 807 g/mol. The highest BCUT2D eigenvalue weighted by Crippen LogP contribution is 2.17. The minimum atomic E-state index is -0.760. The molecule has 0 aromatic carbocycles. The lowest BCUT2D eigenvalue weighted by atomic mass is 10.0. The Bertz CT molecular complexity index is 870. The van der Waals surface area contributed by atoms with Gasteiger partial charge < -0.3 is 14.2 Å². The third kappa shape index (κ3) is 45.3. The first-order chi connectivity index (χ1) is 27.7. The Morgan fingerprint density at radius 1 is 0.333 bits per heavy atom. The number of hydrogen-bond acceptors (Lipinski definition) is 6. The molecule has 0 fully saturated rings. The summed E-state index contributed by atoms with van der Waals surface area (Å²) in [7, 11) is 0. The predicted octanol–water partition coefficient (Wildman–Crippen LogP) is 16.1. The molecular weight excluding hydrogens is 709 g/mol. The van der Waals surface area contributed by atoms with Gasteiger partial charge in [0.05, 0.1) is 0 Å². The molecule has 0 aliphatic carbocycles. The van der Waals surface area contributed by atoms with Crippen molar-refractivity contribution in [2.45, 2.75) is 285 Å². The molecule has 0 bridgehead atoms. The van der Waals surface area contributed by atoms with Gasteiger partial charge in [-0.25, -0.2) is 0 Å². The van der Waals surface area contributed by atoms with E-state index in [1.165, 1.54) is 167 Å². The third-order valence-electron chi connectivity index (χ3n) is 11.5. The van der Waals surface area contributed by atoms with Crippen LogP contribution in [-0.2, 0) is 28.6 Å². The standard InChI is InChI=1S/C51H98O6/c1-6-7-8-9-24-31-36-41-49(52)55-44-48(45-56-50(53)42-37-32-27-23-22-26-30-35-40-47(4)5)57-51(54)43-38-33-28-21-19-17-15-13-11-10-12-14-16-18-20-25-29-34-39-46(2)3/h46-48H,6-45H2,1-5H3/t48-/m1/s1. The van der Waals surface area contributed by atoms with Crippen molar-refractivity contribution in [3.05, 3.63) is 0 Å². The topological polar surface area (TPSA) is 78.9 Å². The first kappa shape index (κ1) is 55.4. The van der Waals surface area contributed by atoms with Gasteiger partial charge >= 0.3 is 17.9 Å². The third-order valence-corrected chi connectivity index (χ3v) is 11.5. The van der Waals surface area contributed by atoms with Crippen LogP contribution >= 0.6 is 0 Å². The minimum absolute atomic E-state index is 0.0650. The Balaban J connectivity index is 4.14. The number of carbonyl (C=O) groups excluding carboxylic acids is 3. The second-order valence-electron chi connectivity index (χ2n) is 18.4. The molecule has 0 spiro atoms. The lowest BCUT2D eigenvalue weighted by molar-refractivity contribution is -0.167. The summed E-state index contributed by atoms with van der Waals surface area (Å²) in [5.41, 5.74) is 0. The minimum Gasteiger partial charge on any atom is -0.462 e. The molecule has 0 aromatic heterocycles. The summed E-state index contributed by atoms with van der Waals surface area (Å²) in [6, 6.07) is 0. The molecule has 0 aliphatic rings. The van der Waals surface area contributed by atoms with E-state index >= 15 is 0 Å². The zero-order valence-electron chi connectivity index (χ0n) is 39.0. The molecule has 338 valence electrons. The van der Waals surface area contributed by atoms with Gasteiger partial charge in [-0.05, 0) is 31.1 Å². The van der Waals surface area contributed by atoms with Crippen LogP contribution in [0.25, 0.3) is 0 Å². The SMILES string of the molecule is CCCCCCCCCC(=O)OC[C@H](COC(=O)CCCCCCCCCCC(C)C)OC(=O)CCCCCCCCCCCCCCCCCCCCC(C)C. The van der Waals surface area contributed by atoms with Crippen molar-refractivity contribution < 1.29 is 28.6 Å². The number of esters is 3. The second-order valence-corrected chi connectivity index (χ2v) is 18.4. The van der Waals surface area contributed by atoms with Gasteiger partial charge in [0.15, 0.2) is 6.10 Å². The average Bonchev–Trinajstić information content (AvgIpc) is 3.18. The van der Waals surface area contributed by atoms with Crippen LogP contribution in [0.15, 0.2) is 0 Å². The van der Waals surface area contributed by atoms with E-state index in [0.29, 0.717) is 19.3 Å². The van der Waals surface area contributed by atoms with Gasteiger partial charge in [0.1, 0.15) is 13.2 Å². The summed E-state index contributed by atoms with van der Waals surface area (Å²) >= 11 is 0. The molecule has 0 aromatic rings. The van der Waals surface area contributed by atoms with Crippen LogP contribution < -0.4 is 0 Å². The summed E-state index contributed by atoms with van der Waals surface area (Å²) in [6.45, 7) is 11.3. The van der Waals surface area contributed by atoms with Gasteiger partial charge in [0.2, 0.25) is 0 Å². The lowest BCUT2D eigenvalue weighted by Gasteiger charge is -2.18. The van der Waals surface area contributed by atoms with Gasteiger partial charge in [-0.3, -0.25) is 14.4 Å². The van der Waals surface area contributed by atoms with Crippen molar-refractivity contribution in [1.29, 1.82) is 0 Å². The van der Waals surface area contributed by atoms with Crippen LogP contribution in [0.2, 0.25) is 0 Å². The predicted molar refractivity (Wildman–Crippen MR) is 243 cm³/mol. The molecule has 6 nitrogen and oxygen atoms in total. The van der Waals surface area contributed by atoms with Crippen molar-refractivity contribution >= 4 is 17.9 Å². The normalized spacial score (nSPS) is 12.1. The summed E-state index contributed by atoms with van der Waals surface area (Å²) < 4.78 is 16.7. The highest BCUT2D eigenvalue weighted by molar-refractivity contribution is 5.71. The fourth-order valence-corrected chi connectivity index (χ4v) is 7.64. The van der Waals surface area contributed by atoms with E-state index in [0.717, 1.165) is 69.6 Å². The van der Waals surface area contributed by atoms with Crippen molar-refractivity contribution in [1.82, 2.24) is 0 Å². The van der Waals surface area contributed by atoms with Crippen molar-refractivity contribution in [3.8, 4) is 0 Å². The molecular formula is C51H98O6. The van der Waals surface area contributed by atoms with Gasteiger partial charge in [-0.15, -0.1) is 0 Å². The molecule has 0 rings (SSSR count). The number of unbranched alkanes of at least 4 members (excludes halogenated alkanes) is 30. The van der Waals surface area contributed by atoms with E-state index in [-0.39, 0.29) is 31.1 Å². The van der Waals surface area contributed by atoms with Gasteiger partial charge in [0, 0.05) is 19.3 Å². The van der Waals surface area contributed by atoms with Crippen LogP contribution in [0.1, 0.15) is 279 Å². The van der Waals surface area contributed by atoms with E-state index in [1.807, 2.05) is 0 Å². The Kier molecular flexibility index (Phi) is 42.7. The first-order valence-corrected chi connectivity index (χ1v) is 25.2. The first-order valence-electron chi connectivity index (χ1n) is 25.2. The summed E-state index contributed by atoms with van der Waals surface area (Å²) in [6.07, 6.45) is 44.0. The Labute approximate surface area is 355 Å². The molecule has 0 radical (unpaired) electrons. The number of rotatable bonds is 45. The largest absolute Gasteiger partial charge is 0.462 e. The molecule has 0 aliphatic heterocycles. The monoisotopic (exact) mass is 807 g/mol. The van der Waals surface area contributed by atoms with Crippen LogP contribution in [0.3, 0.4) is 0 Å². The van der Waals surface area contributed by atoms with Crippen molar-refractivity contribution in [2.75, 3.05) is 13.2 Å². The van der Waals surface area contributed by atoms with Crippen LogP contribution in [0, 0.1) is 11.8 Å². The molecule has 6 heteroatoms. The zero-order valence-corrected chi connectivity index (χ0v) is 39.0. The molecule has 1 atom stereocenters. The van der Waals surface area contributed by atoms with Crippen molar-refractivity contribution in [2.24, 2.45) is 11.8 Å². The summed E-state index contributed by atoms with van der Waals surface area (Å²) in [5, 5.41) is 0. The van der Waals surface area contributed by atoms with Crippen LogP contribution in [-0.4, -0.2) is 37.2 Å². The smallest absolute Gasteiger partial charge is 0.306 e. The molecule has 0 saturated heterocycles. The number of ether oxygens (including phenoxy) is 3. The second kappa shape index (κ2) is 44.0. The van der Waals surface area contributed by atoms with E-state index in [2.05, 4.69) is 34.6 Å². The molecule has 57 heavy (non-hydrogen) atoms. The van der Waals surface area contributed by atoms with Gasteiger partial charge in [-0.1, -0.05) is 240 Å². The molecule has 0 amide bonds. The Morgan fingerprint density at radius 2 is 0.579 bits per heavy atom. The maximum Gasteiger partial charge on any atom is 0.306 e. The van der Waals surface area contributed by atoms with E-state index in [9.17, 15) is 14.4 Å². The fourth-order valence-electron chi connectivity index (χ4n) is 7.64. The van der Waals surface area contributed by atoms with Crippen LogP contribution in [0.5, 0.6) is 0 Å². The summed E-state index contributed by atoms with van der Waals surface area (Å²) in [5.74, 6) is 0.796. The maximum atomic E-state index is 12.7. The highest BCUT2D eigenvalue weighted by Gasteiger charge is 2.19.